The lowest BCUT2D eigenvalue weighted by atomic mass is 10.2. The number of carbonyl (C=O) groups is 1. The van der Waals surface area contributed by atoms with Crippen molar-refractivity contribution in [1.82, 2.24) is 4.90 Å². The van der Waals surface area contributed by atoms with Crippen LogP contribution < -0.4 is 5.32 Å². The van der Waals surface area contributed by atoms with Crippen LogP contribution in [0.2, 0.25) is 4.34 Å². The Bertz CT molecular complexity index is 693. The molecule has 0 spiro atoms. The molecule has 1 N–H and O–H groups in total. The first-order chi connectivity index (χ1) is 10.6. The highest BCUT2D eigenvalue weighted by atomic mass is 35.5. The third kappa shape index (κ3) is 5.15. The highest BCUT2D eigenvalue weighted by molar-refractivity contribution is 7.16. The molecule has 0 aliphatic rings. The second kappa shape index (κ2) is 7.95. The number of halogens is 1. The van der Waals surface area contributed by atoms with E-state index in [-0.39, 0.29) is 5.91 Å². The number of rotatable bonds is 6. The molecule has 1 aromatic carbocycles. The van der Waals surface area contributed by atoms with Crippen molar-refractivity contribution in [3.05, 3.63) is 51.2 Å². The summed E-state index contributed by atoms with van der Waals surface area (Å²) in [6, 6.07) is 12.8. The number of anilines is 1. The Kier molecular flexibility index (Phi) is 5.96. The number of nitrogens with one attached hydrogen (secondary N) is 1. The van der Waals surface area contributed by atoms with E-state index in [1.54, 1.807) is 35.6 Å². The summed E-state index contributed by atoms with van der Waals surface area (Å²) in [6.07, 6.45) is 0.395. The molecule has 0 fully saturated rings. The van der Waals surface area contributed by atoms with Gasteiger partial charge in [-0.25, -0.2) is 0 Å². The molecule has 2 aromatic rings. The van der Waals surface area contributed by atoms with Crippen LogP contribution in [0, 0.1) is 11.3 Å². The van der Waals surface area contributed by atoms with Crippen molar-refractivity contribution >= 4 is 34.5 Å². The molecule has 0 saturated heterocycles. The lowest BCUT2D eigenvalue weighted by molar-refractivity contribution is -0.116. The molecule has 0 saturated carbocycles. The van der Waals surface area contributed by atoms with E-state index >= 15 is 0 Å². The fourth-order valence-corrected chi connectivity index (χ4v) is 3.13. The SMILES string of the molecule is CN(CCC(=O)Nc1cccc(C#N)c1)Cc1ccc(Cl)s1. The van der Waals surface area contributed by atoms with Crippen molar-refractivity contribution in [1.29, 1.82) is 5.26 Å². The maximum absolute atomic E-state index is 11.9. The number of nitrogens with zero attached hydrogens (tertiary/aromatic N) is 2. The highest BCUT2D eigenvalue weighted by Crippen LogP contribution is 2.22. The van der Waals surface area contributed by atoms with E-state index in [9.17, 15) is 4.79 Å². The lowest BCUT2D eigenvalue weighted by Crippen LogP contribution is -2.23. The van der Waals surface area contributed by atoms with Crippen LogP contribution in [0.15, 0.2) is 36.4 Å². The second-order valence-electron chi connectivity index (χ2n) is 4.93. The number of thiophene rings is 1. The summed E-state index contributed by atoms with van der Waals surface area (Å²) in [5, 5.41) is 11.6. The van der Waals surface area contributed by atoms with Gasteiger partial charge < -0.3 is 10.2 Å². The molecule has 1 aromatic heterocycles. The Morgan fingerprint density at radius 3 is 2.91 bits per heavy atom. The molecule has 4 nitrogen and oxygen atoms in total. The van der Waals surface area contributed by atoms with Crippen LogP contribution in [0.5, 0.6) is 0 Å². The molecule has 0 aliphatic carbocycles. The van der Waals surface area contributed by atoms with Gasteiger partial charge in [-0.15, -0.1) is 11.3 Å². The van der Waals surface area contributed by atoms with Crippen molar-refractivity contribution < 1.29 is 4.79 Å². The Morgan fingerprint density at radius 2 is 2.23 bits per heavy atom. The topological polar surface area (TPSA) is 56.1 Å². The summed E-state index contributed by atoms with van der Waals surface area (Å²) >= 11 is 7.45. The number of benzene rings is 1. The van der Waals surface area contributed by atoms with Gasteiger partial charge in [0.25, 0.3) is 0 Å². The summed E-state index contributed by atoms with van der Waals surface area (Å²) in [5.74, 6) is -0.0637. The summed E-state index contributed by atoms with van der Waals surface area (Å²) in [6.45, 7) is 1.42. The molecule has 0 unspecified atom stereocenters. The number of nitriles is 1. The number of hydrogen-bond donors (Lipinski definition) is 1. The van der Waals surface area contributed by atoms with Gasteiger partial charge in [0.05, 0.1) is 16.0 Å². The molecule has 0 bridgehead atoms. The van der Waals surface area contributed by atoms with Gasteiger partial charge in [0.2, 0.25) is 5.91 Å². The number of carbonyl (C=O) groups excluding carboxylic acids is 1. The highest BCUT2D eigenvalue weighted by Gasteiger charge is 2.07. The molecule has 0 radical (unpaired) electrons. The maximum atomic E-state index is 11.9. The molecule has 114 valence electrons. The number of amides is 1. The molecule has 2 rings (SSSR count). The monoisotopic (exact) mass is 333 g/mol. The third-order valence-corrected chi connectivity index (χ3v) is 4.27. The minimum Gasteiger partial charge on any atom is -0.326 e. The summed E-state index contributed by atoms with van der Waals surface area (Å²) in [4.78, 5) is 15.2. The van der Waals surface area contributed by atoms with Crippen molar-refractivity contribution in [2.75, 3.05) is 18.9 Å². The van der Waals surface area contributed by atoms with E-state index in [0.29, 0.717) is 24.2 Å². The Hall–Kier alpha value is -1.87. The van der Waals surface area contributed by atoms with Crippen molar-refractivity contribution in [2.45, 2.75) is 13.0 Å². The zero-order valence-electron chi connectivity index (χ0n) is 12.2. The van der Waals surface area contributed by atoms with Gasteiger partial charge in [0.1, 0.15) is 0 Å². The van der Waals surface area contributed by atoms with Gasteiger partial charge in [-0.1, -0.05) is 17.7 Å². The summed E-state index contributed by atoms with van der Waals surface area (Å²) in [5.41, 5.74) is 1.18. The number of hydrogen-bond acceptors (Lipinski definition) is 4. The zero-order valence-corrected chi connectivity index (χ0v) is 13.7. The van der Waals surface area contributed by atoms with Crippen molar-refractivity contribution in [3.63, 3.8) is 0 Å². The Labute approximate surface area is 138 Å². The molecule has 0 aliphatic heterocycles. The van der Waals surface area contributed by atoms with Crippen LogP contribution in [0.1, 0.15) is 16.9 Å². The fraction of sp³-hybridized carbons (Fsp3) is 0.250. The molecular formula is C16H16ClN3OS. The molecular weight excluding hydrogens is 318 g/mol. The fourth-order valence-electron chi connectivity index (χ4n) is 1.96. The minimum absolute atomic E-state index is 0.0637. The molecule has 1 amide bonds. The second-order valence-corrected chi connectivity index (χ2v) is 6.73. The Morgan fingerprint density at radius 1 is 1.41 bits per heavy atom. The van der Waals surface area contributed by atoms with E-state index in [0.717, 1.165) is 10.9 Å². The van der Waals surface area contributed by atoms with E-state index < -0.39 is 0 Å². The van der Waals surface area contributed by atoms with Crippen LogP contribution >= 0.6 is 22.9 Å². The molecule has 6 heteroatoms. The normalized spacial score (nSPS) is 10.5. The van der Waals surface area contributed by atoms with E-state index in [2.05, 4.69) is 16.3 Å². The van der Waals surface area contributed by atoms with Gasteiger partial charge in [-0.05, 0) is 37.4 Å². The van der Waals surface area contributed by atoms with E-state index in [1.165, 1.54) is 4.88 Å². The van der Waals surface area contributed by atoms with Crippen LogP contribution in [-0.4, -0.2) is 24.4 Å². The van der Waals surface area contributed by atoms with E-state index in [1.807, 2.05) is 19.2 Å². The van der Waals surface area contributed by atoms with Gasteiger partial charge in [-0.3, -0.25) is 4.79 Å². The molecule has 1 heterocycles. The average molecular weight is 334 g/mol. The first-order valence-electron chi connectivity index (χ1n) is 6.79. The van der Waals surface area contributed by atoms with Crippen LogP contribution in [0.3, 0.4) is 0 Å². The smallest absolute Gasteiger partial charge is 0.225 e. The summed E-state index contributed by atoms with van der Waals surface area (Å²) < 4.78 is 0.776. The van der Waals surface area contributed by atoms with Gasteiger partial charge >= 0.3 is 0 Å². The van der Waals surface area contributed by atoms with Crippen molar-refractivity contribution in [2.24, 2.45) is 0 Å². The predicted molar refractivity (Wildman–Crippen MR) is 90.1 cm³/mol. The van der Waals surface area contributed by atoms with Gasteiger partial charge in [-0.2, -0.15) is 5.26 Å². The van der Waals surface area contributed by atoms with Gasteiger partial charge in [0, 0.05) is 30.1 Å². The Balaban J connectivity index is 1.78. The quantitative estimate of drug-likeness (QED) is 0.876. The van der Waals surface area contributed by atoms with Crippen LogP contribution in [-0.2, 0) is 11.3 Å². The van der Waals surface area contributed by atoms with Crippen LogP contribution in [0.25, 0.3) is 0 Å². The lowest BCUT2D eigenvalue weighted by Gasteiger charge is -2.15. The summed E-state index contributed by atoms with van der Waals surface area (Å²) in [7, 11) is 1.97. The maximum Gasteiger partial charge on any atom is 0.225 e. The predicted octanol–water partition coefficient (Wildman–Crippen LogP) is 3.73. The largest absolute Gasteiger partial charge is 0.326 e. The zero-order chi connectivity index (χ0) is 15.9. The van der Waals surface area contributed by atoms with Gasteiger partial charge in [0.15, 0.2) is 0 Å². The minimum atomic E-state index is -0.0637. The standard InChI is InChI=1S/C16H16ClN3OS/c1-20(11-14-5-6-15(17)22-14)8-7-16(21)19-13-4-2-3-12(9-13)10-18/h2-6,9H,7-8,11H2,1H3,(H,19,21). The average Bonchev–Trinajstić information content (AvgIpc) is 2.90. The first-order valence-corrected chi connectivity index (χ1v) is 7.99. The van der Waals surface area contributed by atoms with Crippen LogP contribution in [0.4, 0.5) is 5.69 Å². The van der Waals surface area contributed by atoms with E-state index in [4.69, 9.17) is 16.9 Å². The van der Waals surface area contributed by atoms with Crippen molar-refractivity contribution in [3.8, 4) is 6.07 Å². The third-order valence-electron chi connectivity index (χ3n) is 3.05. The first kappa shape index (κ1) is 16.5. The molecule has 22 heavy (non-hydrogen) atoms. The molecule has 0 atom stereocenters.